The molecular weight excluding hydrogens is 340 g/mol. The number of rotatable bonds is 4. The standard InChI is InChI=1S/C18H28N2O4S/c1-13-6-8-18(3,9-7-13)19-17(21)15-12-16(14(2)24-15)25(22,23)20-10-4-5-11-20/h12-13H,4-11H2,1-3H3,(H,19,21). The van der Waals surface area contributed by atoms with E-state index >= 15 is 0 Å². The van der Waals surface area contributed by atoms with E-state index in [1.165, 1.54) is 10.4 Å². The zero-order chi connectivity index (χ0) is 18.2. The maximum absolute atomic E-state index is 12.7. The number of sulfonamides is 1. The molecule has 1 aliphatic carbocycles. The van der Waals surface area contributed by atoms with Crippen LogP contribution in [0.1, 0.15) is 68.7 Å². The molecule has 2 heterocycles. The molecule has 1 saturated carbocycles. The number of nitrogens with one attached hydrogen (secondary N) is 1. The minimum Gasteiger partial charge on any atom is -0.455 e. The van der Waals surface area contributed by atoms with Crippen LogP contribution in [0, 0.1) is 12.8 Å². The molecule has 1 aromatic rings. The van der Waals surface area contributed by atoms with Gasteiger partial charge in [0.15, 0.2) is 5.76 Å². The molecule has 3 rings (SSSR count). The van der Waals surface area contributed by atoms with Crippen molar-refractivity contribution in [2.75, 3.05) is 13.1 Å². The van der Waals surface area contributed by atoms with Gasteiger partial charge in [-0.15, -0.1) is 0 Å². The van der Waals surface area contributed by atoms with Gasteiger partial charge in [0.2, 0.25) is 10.0 Å². The summed E-state index contributed by atoms with van der Waals surface area (Å²) in [6.45, 7) is 6.94. The Morgan fingerprint density at radius 3 is 2.48 bits per heavy atom. The molecular formula is C18H28N2O4S. The van der Waals surface area contributed by atoms with Crippen LogP contribution in [0.4, 0.5) is 0 Å². The number of hydrogen-bond acceptors (Lipinski definition) is 4. The maximum atomic E-state index is 12.7. The lowest BCUT2D eigenvalue weighted by molar-refractivity contribution is 0.0840. The molecule has 0 unspecified atom stereocenters. The van der Waals surface area contributed by atoms with E-state index in [0.717, 1.165) is 38.5 Å². The van der Waals surface area contributed by atoms with Crippen molar-refractivity contribution in [2.45, 2.75) is 69.7 Å². The average Bonchev–Trinajstić information content (AvgIpc) is 3.20. The van der Waals surface area contributed by atoms with Crippen molar-refractivity contribution in [3.8, 4) is 0 Å². The summed E-state index contributed by atoms with van der Waals surface area (Å²) in [5.74, 6) is 0.714. The van der Waals surface area contributed by atoms with Gasteiger partial charge in [0, 0.05) is 24.7 Å². The Labute approximate surface area is 150 Å². The Kier molecular flexibility index (Phi) is 4.99. The number of carbonyl (C=O) groups is 1. The smallest absolute Gasteiger partial charge is 0.287 e. The molecule has 25 heavy (non-hydrogen) atoms. The van der Waals surface area contributed by atoms with Gasteiger partial charge in [-0.3, -0.25) is 4.79 Å². The fraction of sp³-hybridized carbons (Fsp3) is 0.722. The number of aryl methyl sites for hydroxylation is 1. The second-order valence-corrected chi connectivity index (χ2v) is 9.75. The zero-order valence-electron chi connectivity index (χ0n) is 15.3. The highest BCUT2D eigenvalue weighted by molar-refractivity contribution is 7.89. The molecule has 1 aliphatic heterocycles. The molecule has 0 bridgehead atoms. The third kappa shape index (κ3) is 3.77. The van der Waals surface area contributed by atoms with Gasteiger partial charge < -0.3 is 9.73 Å². The Morgan fingerprint density at radius 1 is 1.28 bits per heavy atom. The fourth-order valence-corrected chi connectivity index (χ4v) is 5.44. The van der Waals surface area contributed by atoms with Crippen LogP contribution >= 0.6 is 0 Å². The molecule has 0 aromatic carbocycles. The van der Waals surface area contributed by atoms with Gasteiger partial charge in [0.05, 0.1) is 0 Å². The number of nitrogens with zero attached hydrogens (tertiary/aromatic N) is 1. The predicted octanol–water partition coefficient (Wildman–Crippen LogP) is 3.07. The lowest BCUT2D eigenvalue weighted by Gasteiger charge is -2.36. The van der Waals surface area contributed by atoms with Gasteiger partial charge in [-0.05, 0) is 58.3 Å². The number of hydrogen-bond donors (Lipinski definition) is 1. The van der Waals surface area contributed by atoms with Gasteiger partial charge >= 0.3 is 0 Å². The molecule has 1 saturated heterocycles. The summed E-state index contributed by atoms with van der Waals surface area (Å²) in [7, 11) is -3.58. The second kappa shape index (κ2) is 6.76. The van der Waals surface area contributed by atoms with Crippen LogP contribution < -0.4 is 5.32 Å². The SMILES string of the molecule is Cc1oc(C(=O)NC2(C)CCC(C)CC2)cc1S(=O)(=O)N1CCCC1. The van der Waals surface area contributed by atoms with Crippen LogP contribution in [-0.2, 0) is 10.0 Å². The highest BCUT2D eigenvalue weighted by Crippen LogP contribution is 2.32. The summed E-state index contributed by atoms with van der Waals surface area (Å²) in [6.07, 6.45) is 5.78. The molecule has 2 aliphatic rings. The van der Waals surface area contributed by atoms with Crippen molar-refractivity contribution in [2.24, 2.45) is 5.92 Å². The second-order valence-electron chi connectivity index (χ2n) is 7.84. The molecule has 2 fully saturated rings. The lowest BCUT2D eigenvalue weighted by atomic mass is 9.78. The van der Waals surface area contributed by atoms with Crippen LogP contribution in [-0.4, -0.2) is 37.3 Å². The molecule has 0 spiro atoms. The van der Waals surface area contributed by atoms with Gasteiger partial charge in [-0.25, -0.2) is 8.42 Å². The molecule has 1 aromatic heterocycles. The number of furan rings is 1. The third-order valence-electron chi connectivity index (χ3n) is 5.57. The van der Waals surface area contributed by atoms with Crippen LogP contribution in [0.15, 0.2) is 15.4 Å². The van der Waals surface area contributed by atoms with E-state index in [4.69, 9.17) is 4.42 Å². The summed E-state index contributed by atoms with van der Waals surface area (Å²) in [5.41, 5.74) is -0.252. The zero-order valence-corrected chi connectivity index (χ0v) is 16.1. The van der Waals surface area contributed by atoms with Gasteiger partial charge in [0.1, 0.15) is 10.7 Å². The van der Waals surface area contributed by atoms with Crippen molar-refractivity contribution in [3.05, 3.63) is 17.6 Å². The summed E-state index contributed by atoms with van der Waals surface area (Å²) >= 11 is 0. The molecule has 0 atom stereocenters. The van der Waals surface area contributed by atoms with Gasteiger partial charge in [0.25, 0.3) is 5.91 Å². The van der Waals surface area contributed by atoms with E-state index in [1.807, 2.05) is 0 Å². The quantitative estimate of drug-likeness (QED) is 0.886. The topological polar surface area (TPSA) is 79.6 Å². The molecule has 1 amide bonds. The Morgan fingerprint density at radius 2 is 1.88 bits per heavy atom. The number of amides is 1. The van der Waals surface area contributed by atoms with Gasteiger partial charge in [-0.2, -0.15) is 4.31 Å². The highest BCUT2D eigenvalue weighted by Gasteiger charge is 2.34. The normalized spacial score (nSPS) is 28.2. The first-order valence-electron chi connectivity index (χ1n) is 9.14. The predicted molar refractivity (Wildman–Crippen MR) is 94.9 cm³/mol. The minimum atomic E-state index is -3.58. The van der Waals surface area contributed by atoms with Crippen molar-refractivity contribution in [1.29, 1.82) is 0 Å². The molecule has 0 radical (unpaired) electrons. The van der Waals surface area contributed by atoms with Crippen molar-refractivity contribution in [3.63, 3.8) is 0 Å². The monoisotopic (exact) mass is 368 g/mol. The van der Waals surface area contributed by atoms with Crippen molar-refractivity contribution < 1.29 is 17.6 Å². The van der Waals surface area contributed by atoms with E-state index < -0.39 is 10.0 Å². The largest absolute Gasteiger partial charge is 0.455 e. The molecule has 1 N–H and O–H groups in total. The maximum Gasteiger partial charge on any atom is 0.287 e. The van der Waals surface area contributed by atoms with Crippen molar-refractivity contribution >= 4 is 15.9 Å². The van der Waals surface area contributed by atoms with Crippen LogP contribution in [0.2, 0.25) is 0 Å². The Balaban J connectivity index is 1.76. The highest BCUT2D eigenvalue weighted by atomic mass is 32.2. The summed E-state index contributed by atoms with van der Waals surface area (Å²) in [5, 5.41) is 3.05. The van der Waals surface area contributed by atoms with Crippen LogP contribution in [0.3, 0.4) is 0 Å². The minimum absolute atomic E-state index is 0.0788. The van der Waals surface area contributed by atoms with E-state index in [2.05, 4.69) is 19.2 Å². The Hall–Kier alpha value is -1.34. The van der Waals surface area contributed by atoms with Crippen LogP contribution in [0.25, 0.3) is 0 Å². The Bertz CT molecular complexity index is 739. The van der Waals surface area contributed by atoms with E-state index in [1.54, 1.807) is 6.92 Å². The summed E-state index contributed by atoms with van der Waals surface area (Å²) in [6, 6.07) is 1.38. The number of carbonyl (C=O) groups excluding carboxylic acids is 1. The van der Waals surface area contributed by atoms with Gasteiger partial charge in [-0.1, -0.05) is 6.92 Å². The summed E-state index contributed by atoms with van der Waals surface area (Å²) < 4.78 is 32.4. The van der Waals surface area contributed by atoms with E-state index in [0.29, 0.717) is 19.0 Å². The summed E-state index contributed by atoms with van der Waals surface area (Å²) in [4.78, 5) is 12.7. The van der Waals surface area contributed by atoms with E-state index in [-0.39, 0.29) is 27.9 Å². The first-order chi connectivity index (χ1) is 11.7. The molecule has 140 valence electrons. The van der Waals surface area contributed by atoms with Crippen molar-refractivity contribution in [1.82, 2.24) is 9.62 Å². The molecule has 6 nitrogen and oxygen atoms in total. The first-order valence-corrected chi connectivity index (χ1v) is 10.6. The first kappa shape index (κ1) is 18.5. The molecule has 7 heteroatoms. The van der Waals surface area contributed by atoms with Crippen LogP contribution in [0.5, 0.6) is 0 Å². The lowest BCUT2D eigenvalue weighted by Crippen LogP contribution is -2.48. The fourth-order valence-electron chi connectivity index (χ4n) is 3.76. The third-order valence-corrected chi connectivity index (χ3v) is 7.58. The van der Waals surface area contributed by atoms with E-state index in [9.17, 15) is 13.2 Å². The average molecular weight is 368 g/mol.